The number of para-hydroxylation sites is 1. The van der Waals surface area contributed by atoms with Crippen molar-refractivity contribution in [2.24, 2.45) is 0 Å². The predicted octanol–water partition coefficient (Wildman–Crippen LogP) is 0.214. The molecule has 23 heavy (non-hydrogen) atoms. The maximum atomic E-state index is 13.5. The maximum absolute atomic E-state index is 13.5. The van der Waals surface area contributed by atoms with E-state index in [1.165, 1.54) is 6.07 Å². The summed E-state index contributed by atoms with van der Waals surface area (Å²) in [6.07, 6.45) is 0.639. The van der Waals surface area contributed by atoms with Crippen LogP contribution in [0.3, 0.4) is 0 Å². The summed E-state index contributed by atoms with van der Waals surface area (Å²) >= 11 is 0. The van der Waals surface area contributed by atoms with E-state index in [9.17, 15) is 9.18 Å². The largest absolute Gasteiger partial charge is 0.489 e. The molecule has 2 aliphatic rings. The van der Waals surface area contributed by atoms with Gasteiger partial charge >= 0.3 is 0 Å². The van der Waals surface area contributed by atoms with E-state index >= 15 is 0 Å². The Morgan fingerprint density at radius 2 is 2.00 bits per heavy atom. The molecule has 2 unspecified atom stereocenters. The number of amides is 1. The number of carbonyl (C=O) groups excluding carboxylic acids is 1. The number of rotatable bonds is 4. The number of hydrazine groups is 1. The topological polar surface area (TPSA) is 56.8 Å². The van der Waals surface area contributed by atoms with E-state index in [1.807, 2.05) is 4.90 Å². The second kappa shape index (κ2) is 7.25. The van der Waals surface area contributed by atoms with Crippen LogP contribution in [0.2, 0.25) is 0 Å². The van der Waals surface area contributed by atoms with Crippen molar-refractivity contribution >= 4 is 5.91 Å². The van der Waals surface area contributed by atoms with Gasteiger partial charge in [-0.2, -0.15) is 0 Å². The van der Waals surface area contributed by atoms with Crippen molar-refractivity contribution in [2.75, 3.05) is 39.8 Å². The van der Waals surface area contributed by atoms with Crippen molar-refractivity contribution in [3.05, 3.63) is 30.1 Å². The average molecular weight is 322 g/mol. The summed E-state index contributed by atoms with van der Waals surface area (Å²) in [7, 11) is 2.06. The Labute approximate surface area is 135 Å². The summed E-state index contributed by atoms with van der Waals surface area (Å²) in [4.78, 5) is 16.6. The number of ether oxygens (including phenoxy) is 1. The Kier molecular flexibility index (Phi) is 5.09. The van der Waals surface area contributed by atoms with E-state index in [0.717, 1.165) is 26.2 Å². The molecule has 0 bridgehead atoms. The maximum Gasteiger partial charge on any atom is 0.241 e. The Morgan fingerprint density at radius 3 is 2.74 bits per heavy atom. The quantitative estimate of drug-likeness (QED) is 0.830. The molecule has 126 valence electrons. The fourth-order valence-corrected chi connectivity index (χ4v) is 2.89. The van der Waals surface area contributed by atoms with Gasteiger partial charge in [-0.3, -0.25) is 10.2 Å². The molecule has 3 rings (SSSR count). The third kappa shape index (κ3) is 3.99. The number of nitrogens with one attached hydrogen (secondary N) is 2. The lowest BCUT2D eigenvalue weighted by Crippen LogP contribution is -2.52. The first-order chi connectivity index (χ1) is 11.1. The molecule has 6 nitrogen and oxygen atoms in total. The summed E-state index contributed by atoms with van der Waals surface area (Å²) in [6, 6.07) is 6.07. The van der Waals surface area contributed by atoms with Crippen LogP contribution >= 0.6 is 0 Å². The molecule has 2 N–H and O–H groups in total. The highest BCUT2D eigenvalue weighted by atomic mass is 19.1. The summed E-state index contributed by atoms with van der Waals surface area (Å²) in [6.45, 7) is 3.67. The van der Waals surface area contributed by atoms with Crippen molar-refractivity contribution in [1.29, 1.82) is 0 Å². The summed E-state index contributed by atoms with van der Waals surface area (Å²) < 4.78 is 19.0. The zero-order valence-corrected chi connectivity index (χ0v) is 13.3. The SMILES string of the molecule is CN1CCN(C(=O)C2CC(COc3ccccc3F)NN2)CC1. The van der Waals surface area contributed by atoms with Gasteiger partial charge in [0.25, 0.3) is 0 Å². The molecular weight excluding hydrogens is 299 g/mol. The number of hydrogen-bond donors (Lipinski definition) is 2. The molecule has 2 saturated heterocycles. The Bertz CT molecular complexity index is 549. The van der Waals surface area contributed by atoms with E-state index in [-0.39, 0.29) is 29.6 Å². The Hall–Kier alpha value is -1.70. The molecule has 2 heterocycles. The molecule has 2 fully saturated rings. The van der Waals surface area contributed by atoms with Gasteiger partial charge in [0, 0.05) is 26.2 Å². The van der Waals surface area contributed by atoms with Crippen molar-refractivity contribution in [3.8, 4) is 5.75 Å². The molecule has 0 radical (unpaired) electrons. The van der Waals surface area contributed by atoms with Gasteiger partial charge in [-0.05, 0) is 25.6 Å². The number of halogens is 1. The molecule has 0 saturated carbocycles. The van der Waals surface area contributed by atoms with Crippen molar-refractivity contribution in [2.45, 2.75) is 18.5 Å². The Morgan fingerprint density at radius 1 is 1.26 bits per heavy atom. The van der Waals surface area contributed by atoms with Gasteiger partial charge in [-0.25, -0.2) is 9.82 Å². The molecule has 1 amide bonds. The highest BCUT2D eigenvalue weighted by Crippen LogP contribution is 2.17. The number of benzene rings is 1. The number of hydrogen-bond acceptors (Lipinski definition) is 5. The minimum atomic E-state index is -0.372. The fraction of sp³-hybridized carbons (Fsp3) is 0.562. The lowest BCUT2D eigenvalue weighted by molar-refractivity contribution is -0.134. The van der Waals surface area contributed by atoms with Gasteiger partial charge in [0.1, 0.15) is 12.6 Å². The Balaban J connectivity index is 1.47. The number of piperazine rings is 1. The number of likely N-dealkylation sites (N-methyl/N-ethyl adjacent to an activating group) is 1. The van der Waals surface area contributed by atoms with Gasteiger partial charge in [0.2, 0.25) is 5.91 Å². The molecule has 7 heteroatoms. The van der Waals surface area contributed by atoms with E-state index in [4.69, 9.17) is 4.74 Å². The van der Waals surface area contributed by atoms with E-state index in [2.05, 4.69) is 22.8 Å². The lowest BCUT2D eigenvalue weighted by Gasteiger charge is -2.33. The number of carbonyl (C=O) groups is 1. The second-order valence-electron chi connectivity index (χ2n) is 6.14. The highest BCUT2D eigenvalue weighted by Gasteiger charge is 2.33. The van der Waals surface area contributed by atoms with E-state index in [1.54, 1.807) is 18.2 Å². The van der Waals surface area contributed by atoms with Crippen molar-refractivity contribution in [3.63, 3.8) is 0 Å². The van der Waals surface area contributed by atoms with Gasteiger partial charge < -0.3 is 14.5 Å². The first-order valence-electron chi connectivity index (χ1n) is 7.99. The van der Waals surface area contributed by atoms with Gasteiger partial charge in [0.05, 0.1) is 6.04 Å². The van der Waals surface area contributed by atoms with Crippen LogP contribution in [-0.4, -0.2) is 67.6 Å². The molecular formula is C16H23FN4O2. The van der Waals surface area contributed by atoms with Gasteiger partial charge in [-0.15, -0.1) is 0 Å². The zero-order valence-electron chi connectivity index (χ0n) is 13.3. The zero-order chi connectivity index (χ0) is 16.2. The van der Waals surface area contributed by atoms with E-state index in [0.29, 0.717) is 13.0 Å². The van der Waals surface area contributed by atoms with Gasteiger partial charge in [-0.1, -0.05) is 12.1 Å². The predicted molar refractivity (Wildman–Crippen MR) is 84.4 cm³/mol. The third-order valence-electron chi connectivity index (χ3n) is 4.37. The first kappa shape index (κ1) is 16.2. The average Bonchev–Trinajstić information content (AvgIpc) is 3.03. The van der Waals surface area contributed by atoms with Crippen LogP contribution in [0.25, 0.3) is 0 Å². The van der Waals surface area contributed by atoms with Crippen LogP contribution in [0.5, 0.6) is 5.75 Å². The number of nitrogens with zero attached hydrogens (tertiary/aromatic N) is 2. The molecule has 0 aliphatic carbocycles. The monoisotopic (exact) mass is 322 g/mol. The minimum absolute atomic E-state index is 0.0176. The summed E-state index contributed by atoms with van der Waals surface area (Å²) in [5.41, 5.74) is 6.11. The van der Waals surface area contributed by atoms with E-state index < -0.39 is 0 Å². The summed E-state index contributed by atoms with van der Waals surface area (Å²) in [5, 5.41) is 0. The first-order valence-corrected chi connectivity index (χ1v) is 7.99. The molecule has 0 aromatic heterocycles. The molecule has 1 aromatic carbocycles. The third-order valence-corrected chi connectivity index (χ3v) is 4.37. The van der Waals surface area contributed by atoms with Crippen LogP contribution in [0.15, 0.2) is 24.3 Å². The second-order valence-corrected chi connectivity index (χ2v) is 6.14. The van der Waals surface area contributed by atoms with Crippen LogP contribution < -0.4 is 15.6 Å². The minimum Gasteiger partial charge on any atom is -0.489 e. The van der Waals surface area contributed by atoms with Crippen LogP contribution in [-0.2, 0) is 4.79 Å². The van der Waals surface area contributed by atoms with Gasteiger partial charge in [0.15, 0.2) is 11.6 Å². The van der Waals surface area contributed by atoms with Crippen LogP contribution in [0.4, 0.5) is 4.39 Å². The summed E-state index contributed by atoms with van der Waals surface area (Å²) in [5.74, 6) is -0.00865. The van der Waals surface area contributed by atoms with Crippen molar-refractivity contribution < 1.29 is 13.9 Å². The standard InChI is InChI=1S/C16H23FN4O2/c1-20-6-8-21(9-7-20)16(22)14-10-12(18-19-14)11-23-15-5-3-2-4-13(15)17/h2-5,12,14,18-19H,6-11H2,1H3. The molecule has 2 aliphatic heterocycles. The normalized spacial score (nSPS) is 25.6. The molecule has 2 atom stereocenters. The van der Waals surface area contributed by atoms with Crippen LogP contribution in [0, 0.1) is 5.82 Å². The smallest absolute Gasteiger partial charge is 0.241 e. The molecule has 1 aromatic rings. The fourth-order valence-electron chi connectivity index (χ4n) is 2.89. The lowest BCUT2D eigenvalue weighted by atomic mass is 10.1. The van der Waals surface area contributed by atoms with Crippen molar-refractivity contribution in [1.82, 2.24) is 20.7 Å². The molecule has 0 spiro atoms. The van der Waals surface area contributed by atoms with Crippen LogP contribution in [0.1, 0.15) is 6.42 Å². The highest BCUT2D eigenvalue weighted by molar-refractivity contribution is 5.82.